The number of hydrogen-bond donors (Lipinski definition) is 0. The highest BCUT2D eigenvalue weighted by Crippen LogP contribution is 2.16. The number of benzene rings is 1. The van der Waals surface area contributed by atoms with E-state index < -0.39 is 0 Å². The van der Waals surface area contributed by atoms with Crippen LogP contribution < -0.4 is 0 Å². The van der Waals surface area contributed by atoms with Crippen LogP contribution in [0.5, 0.6) is 0 Å². The summed E-state index contributed by atoms with van der Waals surface area (Å²) in [5, 5.41) is 9.35. The van der Waals surface area contributed by atoms with Crippen molar-refractivity contribution in [2.24, 2.45) is 0 Å². The van der Waals surface area contributed by atoms with E-state index in [1.165, 1.54) is 11.8 Å². The quantitative estimate of drug-likeness (QED) is 0.587. The molecule has 17 heavy (non-hydrogen) atoms. The first-order valence-electron chi connectivity index (χ1n) is 5.97. The number of para-hydroxylation sites is 1. The summed E-state index contributed by atoms with van der Waals surface area (Å²) < 4.78 is 2.06. The van der Waals surface area contributed by atoms with Gasteiger partial charge in [-0.25, -0.2) is 0 Å². The molecular weight excluding hydrogens is 210 g/mol. The fourth-order valence-corrected chi connectivity index (χ4v) is 1.78. The van der Waals surface area contributed by atoms with Gasteiger partial charge in [-0.3, -0.25) is 4.40 Å². The molecule has 2 heterocycles. The van der Waals surface area contributed by atoms with Gasteiger partial charge in [0.05, 0.1) is 5.52 Å². The van der Waals surface area contributed by atoms with Gasteiger partial charge in [0.15, 0.2) is 5.65 Å². The summed E-state index contributed by atoms with van der Waals surface area (Å²) >= 11 is 0. The molecule has 0 saturated heterocycles. The van der Waals surface area contributed by atoms with Crippen molar-refractivity contribution < 1.29 is 0 Å². The maximum Gasteiger partial charge on any atom is 0.161 e. The Balaban J connectivity index is 0.000000329. The van der Waals surface area contributed by atoms with Crippen LogP contribution in [0.2, 0.25) is 0 Å². The van der Waals surface area contributed by atoms with Crippen molar-refractivity contribution in [3.05, 3.63) is 42.2 Å². The van der Waals surface area contributed by atoms with E-state index in [0.29, 0.717) is 0 Å². The maximum atomic E-state index is 4.08. The second-order valence-corrected chi connectivity index (χ2v) is 4.04. The zero-order chi connectivity index (χ0) is 12.3. The first-order valence-corrected chi connectivity index (χ1v) is 5.97. The summed E-state index contributed by atoms with van der Waals surface area (Å²) in [4.78, 5) is 0. The molecule has 0 bridgehead atoms. The van der Waals surface area contributed by atoms with Crippen molar-refractivity contribution in [3.8, 4) is 0 Å². The Labute approximate surface area is 101 Å². The minimum atomic E-state index is 0.904. The summed E-state index contributed by atoms with van der Waals surface area (Å²) in [6.07, 6.45) is 1.25. The van der Waals surface area contributed by atoms with Crippen molar-refractivity contribution in [2.75, 3.05) is 0 Å². The first kappa shape index (κ1) is 11.6. The van der Waals surface area contributed by atoms with Gasteiger partial charge in [-0.2, -0.15) is 0 Å². The third-order valence-electron chi connectivity index (χ3n) is 2.44. The molecule has 3 rings (SSSR count). The molecule has 0 unspecified atom stereocenters. The number of aryl methyl sites for hydroxylation is 1. The van der Waals surface area contributed by atoms with E-state index in [1.54, 1.807) is 0 Å². The normalized spacial score (nSPS) is 10.3. The smallest absolute Gasteiger partial charge is 0.161 e. The predicted molar refractivity (Wildman–Crippen MR) is 71.2 cm³/mol. The molecular formula is C14H17N3. The topological polar surface area (TPSA) is 30.2 Å². The molecule has 0 aliphatic heterocycles. The van der Waals surface area contributed by atoms with E-state index in [0.717, 1.165) is 17.0 Å². The second kappa shape index (κ2) is 4.95. The minimum absolute atomic E-state index is 0.904. The largest absolute Gasteiger partial charge is 0.279 e. The third kappa shape index (κ3) is 2.13. The van der Waals surface area contributed by atoms with Gasteiger partial charge >= 0.3 is 0 Å². The molecule has 3 nitrogen and oxygen atoms in total. The lowest BCUT2D eigenvalue weighted by molar-refractivity contribution is 1.02. The molecule has 0 amide bonds. The molecule has 0 radical (unpaired) electrons. The lowest BCUT2D eigenvalue weighted by Gasteiger charge is -2.01. The van der Waals surface area contributed by atoms with Crippen molar-refractivity contribution >= 4 is 16.6 Å². The molecule has 0 atom stereocenters. The summed E-state index contributed by atoms with van der Waals surface area (Å²) in [6, 6.07) is 12.3. The summed E-state index contributed by atoms with van der Waals surface area (Å²) in [5.41, 5.74) is 2.06. The van der Waals surface area contributed by atoms with Crippen molar-refractivity contribution in [1.82, 2.24) is 14.6 Å². The Morgan fingerprint density at radius 1 is 1.00 bits per heavy atom. The van der Waals surface area contributed by atoms with Crippen LogP contribution >= 0.6 is 0 Å². The van der Waals surface area contributed by atoms with Crippen LogP contribution in [-0.2, 0) is 0 Å². The lowest BCUT2D eigenvalue weighted by Crippen LogP contribution is -1.89. The van der Waals surface area contributed by atoms with Crippen LogP contribution in [-0.4, -0.2) is 14.6 Å². The SMILES string of the molecule is CCC.Cc1nnc2ccc3ccccc3n12. The Morgan fingerprint density at radius 3 is 2.47 bits per heavy atom. The molecule has 88 valence electrons. The number of aromatic nitrogens is 3. The molecule has 0 spiro atoms. The fourth-order valence-electron chi connectivity index (χ4n) is 1.78. The number of pyridine rings is 1. The van der Waals surface area contributed by atoms with E-state index in [4.69, 9.17) is 0 Å². The molecule has 2 aromatic heterocycles. The second-order valence-electron chi connectivity index (χ2n) is 4.04. The highest BCUT2D eigenvalue weighted by molar-refractivity contribution is 5.81. The van der Waals surface area contributed by atoms with E-state index in [2.05, 4.69) is 46.6 Å². The molecule has 0 aliphatic carbocycles. The van der Waals surface area contributed by atoms with E-state index in [-0.39, 0.29) is 0 Å². The average molecular weight is 227 g/mol. The first-order chi connectivity index (χ1) is 8.27. The molecule has 0 fully saturated rings. The van der Waals surface area contributed by atoms with Gasteiger partial charge < -0.3 is 0 Å². The van der Waals surface area contributed by atoms with Crippen LogP contribution in [0.3, 0.4) is 0 Å². The van der Waals surface area contributed by atoms with Crippen LogP contribution in [0.25, 0.3) is 16.6 Å². The fraction of sp³-hybridized carbons (Fsp3) is 0.286. The predicted octanol–water partition coefficient (Wildman–Crippen LogP) is 3.61. The van der Waals surface area contributed by atoms with Gasteiger partial charge in [-0.1, -0.05) is 38.5 Å². The Bertz CT molecular complexity index is 625. The lowest BCUT2D eigenvalue weighted by atomic mass is 10.2. The molecule has 0 aliphatic rings. The standard InChI is InChI=1S/C11H9N3.C3H8/c1-8-12-13-11-7-6-9-4-2-3-5-10(9)14(8)11;1-3-2/h2-7H,1H3;3H2,1-2H3. The van der Waals surface area contributed by atoms with Gasteiger partial charge in [-0.15, -0.1) is 10.2 Å². The van der Waals surface area contributed by atoms with Gasteiger partial charge in [0, 0.05) is 0 Å². The molecule has 3 aromatic rings. The zero-order valence-corrected chi connectivity index (χ0v) is 10.5. The van der Waals surface area contributed by atoms with E-state index in [9.17, 15) is 0 Å². The molecule has 0 saturated carbocycles. The molecule has 0 N–H and O–H groups in total. The van der Waals surface area contributed by atoms with Crippen LogP contribution in [0.1, 0.15) is 26.1 Å². The van der Waals surface area contributed by atoms with Crippen molar-refractivity contribution in [1.29, 1.82) is 0 Å². The number of nitrogens with zero attached hydrogens (tertiary/aromatic N) is 3. The third-order valence-corrected chi connectivity index (χ3v) is 2.44. The summed E-state index contributed by atoms with van der Waals surface area (Å²) in [6.45, 7) is 6.21. The van der Waals surface area contributed by atoms with E-state index in [1.807, 2.05) is 25.1 Å². The van der Waals surface area contributed by atoms with Crippen molar-refractivity contribution in [3.63, 3.8) is 0 Å². The van der Waals surface area contributed by atoms with Gasteiger partial charge in [0.25, 0.3) is 0 Å². The Kier molecular flexibility index (Phi) is 3.38. The van der Waals surface area contributed by atoms with E-state index >= 15 is 0 Å². The number of fused-ring (bicyclic) bond motifs is 3. The van der Waals surface area contributed by atoms with Crippen LogP contribution in [0.15, 0.2) is 36.4 Å². The highest BCUT2D eigenvalue weighted by atomic mass is 15.2. The maximum absolute atomic E-state index is 4.08. The van der Waals surface area contributed by atoms with Crippen molar-refractivity contribution in [2.45, 2.75) is 27.2 Å². The number of rotatable bonds is 0. The zero-order valence-electron chi connectivity index (χ0n) is 10.5. The highest BCUT2D eigenvalue weighted by Gasteiger charge is 2.03. The Morgan fingerprint density at radius 2 is 1.71 bits per heavy atom. The van der Waals surface area contributed by atoms with Gasteiger partial charge in [0.2, 0.25) is 0 Å². The monoisotopic (exact) mass is 227 g/mol. The Hall–Kier alpha value is -1.90. The minimum Gasteiger partial charge on any atom is -0.279 e. The number of hydrogen-bond acceptors (Lipinski definition) is 2. The molecule has 3 heteroatoms. The average Bonchev–Trinajstić information content (AvgIpc) is 2.73. The summed E-state index contributed by atoms with van der Waals surface area (Å²) in [7, 11) is 0. The summed E-state index contributed by atoms with van der Waals surface area (Å²) in [5.74, 6) is 0.928. The van der Waals surface area contributed by atoms with Crippen LogP contribution in [0, 0.1) is 6.92 Å². The molecule has 1 aromatic carbocycles. The van der Waals surface area contributed by atoms with Crippen LogP contribution in [0.4, 0.5) is 0 Å². The van der Waals surface area contributed by atoms with Gasteiger partial charge in [-0.05, 0) is 30.5 Å². The van der Waals surface area contributed by atoms with Gasteiger partial charge in [0.1, 0.15) is 5.82 Å².